The number of hydrogen-bond donors (Lipinski definition) is 3. The zero-order valence-electron chi connectivity index (χ0n) is 13.1. The van der Waals surface area contributed by atoms with Gasteiger partial charge in [-0.1, -0.05) is 48.5 Å². The van der Waals surface area contributed by atoms with Crippen molar-refractivity contribution in [2.45, 2.75) is 19.0 Å². The fraction of sp³-hybridized carbons (Fsp3) is 0.263. The highest BCUT2D eigenvalue weighted by molar-refractivity contribution is 6.07. The molecule has 0 aliphatic rings. The molecule has 0 saturated heterocycles. The van der Waals surface area contributed by atoms with Crippen molar-refractivity contribution in [1.82, 2.24) is 5.32 Å². The quantitative estimate of drug-likeness (QED) is 0.629. The molecule has 3 nitrogen and oxygen atoms in total. The van der Waals surface area contributed by atoms with Gasteiger partial charge in [0.1, 0.15) is 0 Å². The van der Waals surface area contributed by atoms with Crippen molar-refractivity contribution in [3.05, 3.63) is 60.2 Å². The molecule has 23 heavy (non-hydrogen) atoms. The number of aliphatic hydroxyl groups is 2. The largest absolute Gasteiger partial charge is 0.394 e. The van der Waals surface area contributed by atoms with E-state index >= 15 is 0 Å². The summed E-state index contributed by atoms with van der Waals surface area (Å²) in [7, 11) is 0. The molecular formula is C19H22ClNO2. The summed E-state index contributed by atoms with van der Waals surface area (Å²) in [5.74, 6) is 0. The van der Waals surface area contributed by atoms with Crippen molar-refractivity contribution in [2.75, 3.05) is 13.2 Å². The predicted octanol–water partition coefficient (Wildman–Crippen LogP) is 3.25. The minimum atomic E-state index is -0.654. The van der Waals surface area contributed by atoms with Gasteiger partial charge in [0.15, 0.2) is 0 Å². The first-order chi connectivity index (χ1) is 10.6. The van der Waals surface area contributed by atoms with Crippen LogP contribution in [0.3, 0.4) is 0 Å². The van der Waals surface area contributed by atoms with Crippen LogP contribution in [0.5, 0.6) is 0 Å². The second kappa shape index (κ2) is 7.28. The van der Waals surface area contributed by atoms with Gasteiger partial charge in [-0.2, -0.15) is 0 Å². The number of rotatable bonds is 5. The first-order valence-electron chi connectivity index (χ1n) is 7.52. The van der Waals surface area contributed by atoms with Crippen LogP contribution >= 0.6 is 12.4 Å². The summed E-state index contributed by atoms with van der Waals surface area (Å²) in [4.78, 5) is 0. The van der Waals surface area contributed by atoms with Crippen LogP contribution < -0.4 is 5.32 Å². The number of nitrogens with one attached hydrogen (secondary N) is 1. The lowest BCUT2D eigenvalue weighted by atomic mass is 9.99. The van der Waals surface area contributed by atoms with Gasteiger partial charge in [0.2, 0.25) is 0 Å². The molecule has 0 radical (unpaired) electrons. The smallest absolute Gasteiger partial charge is 0.0633 e. The number of fused-ring (bicyclic) bond motifs is 3. The second-order valence-electron chi connectivity index (χ2n) is 6.07. The summed E-state index contributed by atoms with van der Waals surface area (Å²) in [5.41, 5.74) is 0.481. The Kier molecular flexibility index (Phi) is 5.60. The van der Waals surface area contributed by atoms with Crippen molar-refractivity contribution in [3.63, 3.8) is 0 Å². The lowest BCUT2D eigenvalue weighted by Gasteiger charge is -2.26. The number of hydrogen-bond acceptors (Lipinski definition) is 3. The van der Waals surface area contributed by atoms with E-state index in [9.17, 15) is 10.2 Å². The molecule has 0 aromatic heterocycles. The average molecular weight is 332 g/mol. The van der Waals surface area contributed by atoms with Crippen molar-refractivity contribution in [2.24, 2.45) is 0 Å². The third-order valence-corrected chi connectivity index (χ3v) is 4.23. The van der Waals surface area contributed by atoms with E-state index in [2.05, 4.69) is 59.9 Å². The molecule has 4 heteroatoms. The Bertz CT molecular complexity index is 800. The second-order valence-corrected chi connectivity index (χ2v) is 6.07. The van der Waals surface area contributed by atoms with Crippen molar-refractivity contribution < 1.29 is 10.2 Å². The van der Waals surface area contributed by atoms with Crippen LogP contribution in [0.1, 0.15) is 12.5 Å². The van der Waals surface area contributed by atoms with Gasteiger partial charge in [0, 0.05) is 6.54 Å². The van der Waals surface area contributed by atoms with Crippen molar-refractivity contribution in [1.29, 1.82) is 0 Å². The maximum atomic E-state index is 9.33. The molecule has 3 aromatic carbocycles. The lowest BCUT2D eigenvalue weighted by molar-refractivity contribution is 0.103. The molecule has 3 rings (SSSR count). The third kappa shape index (κ3) is 3.65. The molecular weight excluding hydrogens is 310 g/mol. The molecule has 3 aromatic rings. The van der Waals surface area contributed by atoms with Crippen molar-refractivity contribution >= 4 is 34.0 Å². The van der Waals surface area contributed by atoms with E-state index in [1.54, 1.807) is 0 Å². The molecule has 0 amide bonds. The van der Waals surface area contributed by atoms with Gasteiger partial charge in [-0.15, -0.1) is 12.4 Å². The summed E-state index contributed by atoms with van der Waals surface area (Å²) in [6.07, 6.45) is 0. The van der Waals surface area contributed by atoms with Crippen LogP contribution in [0.2, 0.25) is 0 Å². The maximum absolute atomic E-state index is 9.33. The molecule has 0 atom stereocenters. The fourth-order valence-corrected chi connectivity index (χ4v) is 2.65. The highest BCUT2D eigenvalue weighted by Crippen LogP contribution is 2.26. The average Bonchev–Trinajstić information content (AvgIpc) is 2.59. The molecule has 0 saturated carbocycles. The molecule has 0 bridgehead atoms. The van der Waals surface area contributed by atoms with E-state index in [1.807, 2.05) is 6.92 Å². The predicted molar refractivity (Wildman–Crippen MR) is 98.1 cm³/mol. The summed E-state index contributed by atoms with van der Waals surface area (Å²) in [5, 5.41) is 26.8. The normalized spacial score (nSPS) is 11.6. The van der Waals surface area contributed by atoms with E-state index in [-0.39, 0.29) is 25.6 Å². The standard InChI is InChI=1S/C19H21NO2.ClH/c1-19(12-21,13-22)20-11-14-6-9-18-16(10-14)8-7-15-4-2-3-5-17(15)18;/h2-10,20-22H,11-13H2,1H3;1H. The van der Waals surface area contributed by atoms with E-state index < -0.39 is 5.54 Å². The first-order valence-corrected chi connectivity index (χ1v) is 7.52. The Morgan fingerprint density at radius 1 is 0.870 bits per heavy atom. The van der Waals surface area contributed by atoms with Crippen LogP contribution in [0.15, 0.2) is 54.6 Å². The van der Waals surface area contributed by atoms with Gasteiger partial charge in [-0.3, -0.25) is 0 Å². The SMILES string of the molecule is CC(CO)(CO)NCc1ccc2c(ccc3ccccc32)c1.Cl. The summed E-state index contributed by atoms with van der Waals surface area (Å²) in [6, 6.07) is 19.0. The molecule has 3 N–H and O–H groups in total. The van der Waals surface area contributed by atoms with Crippen LogP contribution in [0.4, 0.5) is 0 Å². The Morgan fingerprint density at radius 3 is 2.26 bits per heavy atom. The Labute approximate surface area is 142 Å². The van der Waals surface area contributed by atoms with Crippen LogP contribution in [-0.2, 0) is 6.54 Å². The Morgan fingerprint density at radius 2 is 1.52 bits per heavy atom. The first kappa shape index (κ1) is 17.7. The summed E-state index contributed by atoms with van der Waals surface area (Å²) in [6.45, 7) is 2.23. The third-order valence-electron chi connectivity index (χ3n) is 4.23. The van der Waals surface area contributed by atoms with Gasteiger partial charge < -0.3 is 15.5 Å². The molecule has 0 aliphatic carbocycles. The minimum Gasteiger partial charge on any atom is -0.394 e. The highest BCUT2D eigenvalue weighted by Gasteiger charge is 2.21. The van der Waals surface area contributed by atoms with Crippen LogP contribution in [0, 0.1) is 0 Å². The number of halogens is 1. The van der Waals surface area contributed by atoms with E-state index in [0.29, 0.717) is 6.54 Å². The Hall–Kier alpha value is -1.65. The minimum absolute atomic E-state index is 0. The van der Waals surface area contributed by atoms with Gasteiger partial charge in [0.25, 0.3) is 0 Å². The maximum Gasteiger partial charge on any atom is 0.0633 e. The van der Waals surface area contributed by atoms with Gasteiger partial charge in [0.05, 0.1) is 18.8 Å². The van der Waals surface area contributed by atoms with E-state index in [4.69, 9.17) is 0 Å². The van der Waals surface area contributed by atoms with Gasteiger partial charge in [-0.25, -0.2) is 0 Å². The molecule has 0 aliphatic heterocycles. The van der Waals surface area contributed by atoms with Crippen molar-refractivity contribution in [3.8, 4) is 0 Å². The van der Waals surface area contributed by atoms with Crippen LogP contribution in [-0.4, -0.2) is 29.0 Å². The summed E-state index contributed by atoms with van der Waals surface area (Å²) < 4.78 is 0. The zero-order chi connectivity index (χ0) is 15.6. The van der Waals surface area contributed by atoms with E-state index in [0.717, 1.165) is 5.56 Å². The molecule has 0 unspecified atom stereocenters. The molecule has 0 spiro atoms. The summed E-state index contributed by atoms with van der Waals surface area (Å²) >= 11 is 0. The van der Waals surface area contributed by atoms with Gasteiger partial charge in [-0.05, 0) is 40.1 Å². The van der Waals surface area contributed by atoms with Gasteiger partial charge >= 0.3 is 0 Å². The molecule has 0 fully saturated rings. The lowest BCUT2D eigenvalue weighted by Crippen LogP contribution is -2.48. The highest BCUT2D eigenvalue weighted by atomic mass is 35.5. The van der Waals surface area contributed by atoms with Crippen LogP contribution in [0.25, 0.3) is 21.5 Å². The monoisotopic (exact) mass is 331 g/mol. The Balaban J connectivity index is 0.00000192. The number of benzene rings is 3. The van der Waals surface area contributed by atoms with E-state index in [1.165, 1.54) is 21.5 Å². The fourth-order valence-electron chi connectivity index (χ4n) is 2.65. The molecule has 122 valence electrons. The number of aliphatic hydroxyl groups excluding tert-OH is 2. The zero-order valence-corrected chi connectivity index (χ0v) is 13.9. The topological polar surface area (TPSA) is 52.5 Å². The molecule has 0 heterocycles.